The maximum atomic E-state index is 12.1. The van der Waals surface area contributed by atoms with Gasteiger partial charge in [0.1, 0.15) is 5.75 Å². The topological polar surface area (TPSA) is 64.4 Å². The number of benzene rings is 1. The van der Waals surface area contributed by atoms with Crippen molar-refractivity contribution in [2.75, 3.05) is 11.9 Å². The van der Waals surface area contributed by atoms with Crippen molar-refractivity contribution in [1.82, 2.24) is 0 Å². The first kappa shape index (κ1) is 14.6. The number of nitrogens with one attached hydrogen (secondary N) is 1. The highest BCUT2D eigenvalue weighted by atomic mass is 16.5. The summed E-state index contributed by atoms with van der Waals surface area (Å²) in [4.78, 5) is 12.1. The van der Waals surface area contributed by atoms with Crippen LogP contribution in [0.5, 0.6) is 5.75 Å². The zero-order chi connectivity index (χ0) is 14.3. The monoisotopic (exact) mass is 258 g/mol. The van der Waals surface area contributed by atoms with Gasteiger partial charge < -0.3 is 15.8 Å². The summed E-state index contributed by atoms with van der Waals surface area (Å²) in [7, 11) is 0. The number of amides is 1. The lowest BCUT2D eigenvalue weighted by Crippen LogP contribution is -2.17. The summed E-state index contributed by atoms with van der Waals surface area (Å²) in [6.07, 6.45) is 2.81. The molecule has 0 spiro atoms. The Hall–Kier alpha value is -2.49. The Balaban J connectivity index is 2.99. The molecule has 0 saturated carbocycles. The van der Waals surface area contributed by atoms with E-state index in [9.17, 15) is 4.79 Å². The maximum Gasteiger partial charge on any atom is 0.257 e. The quantitative estimate of drug-likeness (QED) is 0.609. The molecule has 100 valence electrons. The zero-order valence-corrected chi connectivity index (χ0v) is 11.0. The Kier molecular flexibility index (Phi) is 5.41. The van der Waals surface area contributed by atoms with Gasteiger partial charge in [-0.2, -0.15) is 0 Å². The lowest BCUT2D eigenvalue weighted by Gasteiger charge is -2.12. The molecule has 0 saturated heterocycles. The van der Waals surface area contributed by atoms with Crippen molar-refractivity contribution >= 4 is 11.6 Å². The van der Waals surface area contributed by atoms with Gasteiger partial charge in [0.15, 0.2) is 0 Å². The second kappa shape index (κ2) is 7.06. The van der Waals surface area contributed by atoms with Crippen molar-refractivity contribution in [2.24, 2.45) is 5.73 Å². The highest BCUT2D eigenvalue weighted by Gasteiger charge is 2.11. The summed E-state index contributed by atoms with van der Waals surface area (Å²) in [5.41, 5.74) is 6.82. The van der Waals surface area contributed by atoms with Gasteiger partial charge in [-0.1, -0.05) is 31.4 Å². The largest absolute Gasteiger partial charge is 0.492 e. The van der Waals surface area contributed by atoms with Crippen LogP contribution >= 0.6 is 0 Å². The molecule has 3 N–H and O–H groups in total. The van der Waals surface area contributed by atoms with Crippen molar-refractivity contribution < 1.29 is 9.53 Å². The van der Waals surface area contributed by atoms with Gasteiger partial charge in [0.25, 0.3) is 5.91 Å². The van der Waals surface area contributed by atoms with E-state index in [1.807, 2.05) is 19.1 Å². The van der Waals surface area contributed by atoms with Gasteiger partial charge in [0.2, 0.25) is 0 Å². The highest BCUT2D eigenvalue weighted by Crippen LogP contribution is 2.24. The second-order valence-electron chi connectivity index (χ2n) is 3.66. The normalized spacial score (nSPS) is 11.2. The molecule has 1 amide bonds. The Morgan fingerprint density at radius 2 is 2.05 bits per heavy atom. The van der Waals surface area contributed by atoms with Gasteiger partial charge in [0, 0.05) is 5.70 Å². The first-order valence-electron chi connectivity index (χ1n) is 5.91. The second-order valence-corrected chi connectivity index (χ2v) is 3.66. The molecule has 4 heteroatoms. The number of hydrogen-bond acceptors (Lipinski definition) is 3. The number of anilines is 1. The summed E-state index contributed by atoms with van der Waals surface area (Å²) >= 11 is 0. The van der Waals surface area contributed by atoms with Gasteiger partial charge in [-0.25, -0.2) is 0 Å². The van der Waals surface area contributed by atoms with E-state index in [2.05, 4.69) is 18.5 Å². The fourth-order valence-electron chi connectivity index (χ4n) is 1.49. The molecule has 0 bridgehead atoms. The number of carbonyl (C=O) groups excluding carboxylic acids is 1. The summed E-state index contributed by atoms with van der Waals surface area (Å²) in [6.45, 7) is 9.50. The van der Waals surface area contributed by atoms with Crippen LogP contribution in [0.15, 0.2) is 60.8 Å². The van der Waals surface area contributed by atoms with Crippen molar-refractivity contribution in [3.8, 4) is 5.75 Å². The third kappa shape index (κ3) is 3.74. The van der Waals surface area contributed by atoms with E-state index in [1.165, 1.54) is 12.2 Å². The fraction of sp³-hybridized carbons (Fsp3) is 0.133. The SMILES string of the molecule is C=C/C(N)=C(\C=C)C(=O)Nc1ccccc1OCC. The van der Waals surface area contributed by atoms with Crippen LogP contribution in [0.4, 0.5) is 5.69 Å². The van der Waals surface area contributed by atoms with Crippen LogP contribution < -0.4 is 15.8 Å². The van der Waals surface area contributed by atoms with E-state index in [0.29, 0.717) is 18.0 Å². The summed E-state index contributed by atoms with van der Waals surface area (Å²) in [5, 5.41) is 2.74. The number of nitrogens with two attached hydrogens (primary N) is 1. The number of ether oxygens (including phenoxy) is 1. The molecule has 0 radical (unpaired) electrons. The van der Waals surface area contributed by atoms with E-state index in [-0.39, 0.29) is 17.2 Å². The summed E-state index contributed by atoms with van der Waals surface area (Å²) in [5.74, 6) is 0.262. The number of para-hydroxylation sites is 2. The molecule has 0 aliphatic rings. The van der Waals surface area contributed by atoms with E-state index >= 15 is 0 Å². The molecule has 1 aromatic carbocycles. The zero-order valence-electron chi connectivity index (χ0n) is 11.0. The predicted octanol–water partition coefficient (Wildman–Crippen LogP) is 2.61. The lowest BCUT2D eigenvalue weighted by molar-refractivity contribution is -0.112. The van der Waals surface area contributed by atoms with E-state index in [4.69, 9.17) is 10.5 Å². The van der Waals surface area contributed by atoms with Gasteiger partial charge >= 0.3 is 0 Å². The lowest BCUT2D eigenvalue weighted by atomic mass is 10.1. The smallest absolute Gasteiger partial charge is 0.257 e. The Morgan fingerprint density at radius 3 is 2.63 bits per heavy atom. The maximum absolute atomic E-state index is 12.1. The molecule has 0 atom stereocenters. The van der Waals surface area contributed by atoms with E-state index in [0.717, 1.165) is 0 Å². The molecule has 0 aromatic heterocycles. The molecule has 0 aliphatic heterocycles. The number of allylic oxidation sites excluding steroid dienone is 1. The predicted molar refractivity (Wildman–Crippen MR) is 77.8 cm³/mol. The summed E-state index contributed by atoms with van der Waals surface area (Å²) in [6, 6.07) is 7.19. The fourth-order valence-corrected chi connectivity index (χ4v) is 1.49. The molecule has 0 unspecified atom stereocenters. The van der Waals surface area contributed by atoms with Gasteiger partial charge in [-0.05, 0) is 25.1 Å². The van der Waals surface area contributed by atoms with E-state index in [1.54, 1.807) is 12.1 Å². The van der Waals surface area contributed by atoms with Crippen molar-refractivity contribution in [1.29, 1.82) is 0 Å². The van der Waals surface area contributed by atoms with Crippen LogP contribution in [0, 0.1) is 0 Å². The van der Waals surface area contributed by atoms with Crippen LogP contribution in [-0.2, 0) is 4.79 Å². The molecule has 19 heavy (non-hydrogen) atoms. The number of hydrogen-bond donors (Lipinski definition) is 2. The van der Waals surface area contributed by atoms with Crippen LogP contribution in [0.2, 0.25) is 0 Å². The van der Waals surface area contributed by atoms with Crippen LogP contribution in [0.3, 0.4) is 0 Å². The van der Waals surface area contributed by atoms with Crippen LogP contribution in [-0.4, -0.2) is 12.5 Å². The average Bonchev–Trinajstić information content (AvgIpc) is 2.41. The molecular weight excluding hydrogens is 240 g/mol. The molecule has 0 heterocycles. The first-order chi connectivity index (χ1) is 9.13. The minimum atomic E-state index is -0.348. The van der Waals surface area contributed by atoms with Gasteiger partial charge in [-0.15, -0.1) is 0 Å². The van der Waals surface area contributed by atoms with Crippen LogP contribution in [0.25, 0.3) is 0 Å². The minimum absolute atomic E-state index is 0.279. The Bertz CT molecular complexity index is 519. The molecule has 1 rings (SSSR count). The van der Waals surface area contributed by atoms with E-state index < -0.39 is 0 Å². The van der Waals surface area contributed by atoms with Gasteiger partial charge in [-0.3, -0.25) is 4.79 Å². The number of carbonyl (C=O) groups is 1. The number of rotatable bonds is 6. The van der Waals surface area contributed by atoms with Crippen molar-refractivity contribution in [3.63, 3.8) is 0 Å². The molecule has 0 fully saturated rings. The minimum Gasteiger partial charge on any atom is -0.492 e. The summed E-state index contributed by atoms with van der Waals surface area (Å²) < 4.78 is 5.43. The standard InChI is InChI=1S/C15H18N2O2/c1-4-11(12(16)5-2)15(18)17-13-9-7-8-10-14(13)19-6-3/h4-5,7-10H,1-2,6,16H2,3H3,(H,17,18)/b12-11-. The van der Waals surface area contributed by atoms with Crippen molar-refractivity contribution in [2.45, 2.75) is 6.92 Å². The third-order valence-corrected chi connectivity index (χ3v) is 2.41. The van der Waals surface area contributed by atoms with Crippen LogP contribution in [0.1, 0.15) is 6.92 Å². The molecule has 0 aliphatic carbocycles. The molecular formula is C15H18N2O2. The Labute approximate surface area is 113 Å². The molecule has 4 nitrogen and oxygen atoms in total. The highest BCUT2D eigenvalue weighted by molar-refractivity contribution is 6.07. The average molecular weight is 258 g/mol. The van der Waals surface area contributed by atoms with Gasteiger partial charge in [0.05, 0.1) is 17.9 Å². The third-order valence-electron chi connectivity index (χ3n) is 2.41. The van der Waals surface area contributed by atoms with Crippen molar-refractivity contribution in [3.05, 3.63) is 60.8 Å². The molecule has 1 aromatic rings. The first-order valence-corrected chi connectivity index (χ1v) is 5.91. The Morgan fingerprint density at radius 1 is 1.37 bits per heavy atom.